The van der Waals surface area contributed by atoms with E-state index in [1.54, 1.807) is 25.1 Å². The molecule has 0 fully saturated rings. The maximum Gasteiger partial charge on any atom is 0.329 e. The summed E-state index contributed by atoms with van der Waals surface area (Å²) in [6.45, 7) is 2.44. The van der Waals surface area contributed by atoms with E-state index >= 15 is 0 Å². The topological polar surface area (TPSA) is 79.8 Å². The van der Waals surface area contributed by atoms with E-state index in [2.05, 4.69) is 34.0 Å². The van der Waals surface area contributed by atoms with Crippen molar-refractivity contribution in [3.63, 3.8) is 0 Å². The molecule has 7 heteroatoms. The Balaban J connectivity index is 1.74. The number of hydrazone groups is 1. The Labute approximate surface area is 173 Å². The zero-order valence-corrected chi connectivity index (χ0v) is 16.6. The lowest BCUT2D eigenvalue weighted by molar-refractivity contribution is -0.139. The van der Waals surface area contributed by atoms with Crippen molar-refractivity contribution in [3.05, 3.63) is 76.8 Å². The lowest BCUT2D eigenvalue weighted by atomic mass is 10.1. The quantitative estimate of drug-likeness (QED) is 0.370. The van der Waals surface area contributed by atoms with Gasteiger partial charge in [0, 0.05) is 17.1 Å². The summed E-state index contributed by atoms with van der Waals surface area (Å²) in [5, 5.41) is 8.98. The largest absolute Gasteiger partial charge is 0.488 e. The fourth-order valence-corrected chi connectivity index (χ4v) is 2.96. The van der Waals surface area contributed by atoms with E-state index in [4.69, 9.17) is 16.3 Å². The second kappa shape index (κ2) is 9.71. The molecule has 0 aliphatic rings. The SMILES string of the molecule is CCNC(=O)C(=O)N/N=C\c1cc(Cl)ccc1OCc1cccc2ccccc12. The third-order valence-electron chi connectivity index (χ3n) is 4.15. The highest BCUT2D eigenvalue weighted by atomic mass is 35.5. The molecule has 0 unspecified atom stereocenters. The number of nitrogens with one attached hydrogen (secondary N) is 2. The van der Waals surface area contributed by atoms with Crippen LogP contribution in [0.15, 0.2) is 65.8 Å². The third kappa shape index (κ3) is 5.33. The van der Waals surface area contributed by atoms with Gasteiger partial charge in [0.05, 0.1) is 6.21 Å². The van der Waals surface area contributed by atoms with Crippen molar-refractivity contribution in [2.45, 2.75) is 13.5 Å². The van der Waals surface area contributed by atoms with E-state index in [-0.39, 0.29) is 0 Å². The minimum absolute atomic E-state index is 0.356. The van der Waals surface area contributed by atoms with Crippen molar-refractivity contribution in [1.29, 1.82) is 0 Å². The van der Waals surface area contributed by atoms with Gasteiger partial charge in [-0.3, -0.25) is 9.59 Å². The van der Waals surface area contributed by atoms with Gasteiger partial charge in [-0.15, -0.1) is 0 Å². The smallest absolute Gasteiger partial charge is 0.329 e. The van der Waals surface area contributed by atoms with Crippen molar-refractivity contribution in [3.8, 4) is 5.75 Å². The van der Waals surface area contributed by atoms with Crippen LogP contribution in [-0.2, 0) is 16.2 Å². The molecule has 2 N–H and O–H groups in total. The van der Waals surface area contributed by atoms with Crippen molar-refractivity contribution in [2.24, 2.45) is 5.10 Å². The van der Waals surface area contributed by atoms with Crippen LogP contribution in [0.1, 0.15) is 18.1 Å². The summed E-state index contributed by atoms with van der Waals surface area (Å²) < 4.78 is 5.99. The summed E-state index contributed by atoms with van der Waals surface area (Å²) in [4.78, 5) is 23.0. The molecule has 0 radical (unpaired) electrons. The minimum atomic E-state index is -0.844. The summed E-state index contributed by atoms with van der Waals surface area (Å²) in [6.07, 6.45) is 1.39. The normalized spacial score (nSPS) is 10.8. The Morgan fingerprint density at radius 1 is 1.07 bits per heavy atom. The van der Waals surface area contributed by atoms with Gasteiger partial charge < -0.3 is 10.1 Å². The van der Waals surface area contributed by atoms with Gasteiger partial charge in [-0.25, -0.2) is 5.43 Å². The first-order valence-corrected chi connectivity index (χ1v) is 9.46. The molecule has 6 nitrogen and oxygen atoms in total. The second-order valence-electron chi connectivity index (χ2n) is 6.17. The summed E-state index contributed by atoms with van der Waals surface area (Å²) in [6, 6.07) is 19.3. The van der Waals surface area contributed by atoms with E-state index in [1.807, 2.05) is 24.3 Å². The predicted molar refractivity (Wildman–Crippen MR) is 114 cm³/mol. The molecule has 0 heterocycles. The van der Waals surface area contributed by atoms with Gasteiger partial charge in [0.25, 0.3) is 0 Å². The summed E-state index contributed by atoms with van der Waals surface area (Å²) in [5.74, 6) is -1.04. The molecule has 3 aromatic carbocycles. The highest BCUT2D eigenvalue weighted by molar-refractivity contribution is 6.35. The molecule has 0 bridgehead atoms. The van der Waals surface area contributed by atoms with E-state index in [9.17, 15) is 9.59 Å². The maximum atomic E-state index is 11.6. The molecule has 0 saturated carbocycles. The number of hydrogen-bond donors (Lipinski definition) is 2. The molecule has 2 amide bonds. The van der Waals surface area contributed by atoms with Crippen LogP contribution in [0.4, 0.5) is 0 Å². The number of fused-ring (bicyclic) bond motifs is 1. The molecular weight excluding hydrogens is 390 g/mol. The number of ether oxygens (including phenoxy) is 1. The van der Waals surface area contributed by atoms with Gasteiger partial charge >= 0.3 is 11.8 Å². The zero-order chi connectivity index (χ0) is 20.6. The van der Waals surface area contributed by atoms with E-state index in [1.165, 1.54) is 6.21 Å². The Morgan fingerprint density at radius 2 is 1.86 bits per heavy atom. The molecule has 29 heavy (non-hydrogen) atoms. The molecule has 0 atom stereocenters. The van der Waals surface area contributed by atoms with Crippen molar-refractivity contribution in [2.75, 3.05) is 6.54 Å². The summed E-state index contributed by atoms with van der Waals surface area (Å²) in [7, 11) is 0. The van der Waals surface area contributed by atoms with Gasteiger partial charge in [-0.05, 0) is 41.5 Å². The maximum absolute atomic E-state index is 11.6. The first kappa shape index (κ1) is 20.4. The fraction of sp³-hybridized carbons (Fsp3) is 0.136. The van der Waals surface area contributed by atoms with Gasteiger partial charge in [0.2, 0.25) is 0 Å². The first-order valence-electron chi connectivity index (χ1n) is 9.08. The standard InChI is InChI=1S/C22H20ClN3O3/c1-2-24-21(27)22(28)26-25-13-17-12-18(23)10-11-20(17)29-14-16-8-5-7-15-6-3-4-9-19(15)16/h3-13H,2,14H2,1H3,(H,24,27)(H,26,28)/b25-13-. The fourth-order valence-electron chi connectivity index (χ4n) is 2.78. The zero-order valence-electron chi connectivity index (χ0n) is 15.8. The molecule has 0 aromatic heterocycles. The van der Waals surface area contributed by atoms with Crippen LogP contribution in [0.25, 0.3) is 10.8 Å². The van der Waals surface area contributed by atoms with Gasteiger partial charge in [-0.2, -0.15) is 5.10 Å². The van der Waals surface area contributed by atoms with Crippen LogP contribution in [-0.4, -0.2) is 24.6 Å². The van der Waals surface area contributed by atoms with Crippen LogP contribution in [0.2, 0.25) is 5.02 Å². The average Bonchev–Trinajstić information content (AvgIpc) is 2.73. The number of nitrogens with zero attached hydrogens (tertiary/aromatic N) is 1. The molecule has 0 aliphatic carbocycles. The van der Waals surface area contributed by atoms with Crippen LogP contribution >= 0.6 is 11.6 Å². The van der Waals surface area contributed by atoms with Gasteiger partial charge in [-0.1, -0.05) is 54.1 Å². The van der Waals surface area contributed by atoms with Crippen LogP contribution < -0.4 is 15.5 Å². The Hall–Kier alpha value is -3.38. The molecule has 0 saturated heterocycles. The summed E-state index contributed by atoms with van der Waals surface area (Å²) in [5.41, 5.74) is 3.80. The molecule has 3 rings (SSSR count). The van der Waals surface area contributed by atoms with E-state index < -0.39 is 11.8 Å². The third-order valence-corrected chi connectivity index (χ3v) is 4.38. The summed E-state index contributed by atoms with van der Waals surface area (Å²) >= 11 is 6.08. The predicted octanol–water partition coefficient (Wildman–Crippen LogP) is 3.66. The van der Waals surface area contributed by atoms with Crippen molar-refractivity contribution < 1.29 is 14.3 Å². The Bertz CT molecular complexity index is 1060. The number of amides is 2. The number of rotatable bonds is 6. The first-order chi connectivity index (χ1) is 14.1. The van der Waals surface area contributed by atoms with Crippen molar-refractivity contribution in [1.82, 2.24) is 10.7 Å². The van der Waals surface area contributed by atoms with Crippen LogP contribution in [0.3, 0.4) is 0 Å². The minimum Gasteiger partial charge on any atom is -0.488 e. The number of carbonyl (C=O) groups is 2. The van der Waals surface area contributed by atoms with Gasteiger partial charge in [0.15, 0.2) is 0 Å². The lowest BCUT2D eigenvalue weighted by Crippen LogP contribution is -2.37. The highest BCUT2D eigenvalue weighted by Crippen LogP contribution is 2.24. The van der Waals surface area contributed by atoms with Crippen molar-refractivity contribution >= 4 is 40.4 Å². The lowest BCUT2D eigenvalue weighted by Gasteiger charge is -2.11. The Morgan fingerprint density at radius 3 is 2.69 bits per heavy atom. The number of halogens is 1. The molecule has 3 aromatic rings. The van der Waals surface area contributed by atoms with Crippen LogP contribution in [0.5, 0.6) is 5.75 Å². The highest BCUT2D eigenvalue weighted by Gasteiger charge is 2.11. The molecular formula is C22H20ClN3O3. The number of likely N-dealkylation sites (N-methyl/N-ethyl adjacent to an activating group) is 1. The van der Waals surface area contributed by atoms with Gasteiger partial charge in [0.1, 0.15) is 12.4 Å². The van der Waals surface area contributed by atoms with Crippen LogP contribution in [0, 0.1) is 0 Å². The molecule has 148 valence electrons. The molecule has 0 aliphatic heterocycles. The van der Waals surface area contributed by atoms with E-state index in [0.717, 1.165) is 16.3 Å². The average molecular weight is 410 g/mol. The number of hydrogen-bond acceptors (Lipinski definition) is 4. The number of carbonyl (C=O) groups excluding carboxylic acids is 2. The monoisotopic (exact) mass is 409 g/mol. The van der Waals surface area contributed by atoms with E-state index in [0.29, 0.717) is 29.5 Å². The Kier molecular flexibility index (Phi) is 6.81. The second-order valence-corrected chi connectivity index (χ2v) is 6.60. The molecule has 0 spiro atoms. The number of benzene rings is 3.